The van der Waals surface area contributed by atoms with Gasteiger partial charge in [0.15, 0.2) is 0 Å². The second kappa shape index (κ2) is 8.03. The third kappa shape index (κ3) is 4.34. The lowest BCUT2D eigenvalue weighted by Crippen LogP contribution is -2.28. The van der Waals surface area contributed by atoms with Gasteiger partial charge in [-0.2, -0.15) is 0 Å². The van der Waals surface area contributed by atoms with Crippen LogP contribution in [-0.2, 0) is 16.1 Å². The Balaban J connectivity index is 1.69. The van der Waals surface area contributed by atoms with E-state index in [0.29, 0.717) is 23.6 Å². The van der Waals surface area contributed by atoms with Gasteiger partial charge < -0.3 is 10.1 Å². The molecule has 0 radical (unpaired) electrons. The summed E-state index contributed by atoms with van der Waals surface area (Å²) in [6, 6.07) is 12.5. The molecule has 0 spiro atoms. The Morgan fingerprint density at radius 3 is 2.37 bits per heavy atom. The fourth-order valence-electron chi connectivity index (χ4n) is 2.95. The number of imide groups is 1. The van der Waals surface area contributed by atoms with Crippen LogP contribution < -0.4 is 10.1 Å². The van der Waals surface area contributed by atoms with E-state index < -0.39 is 0 Å². The van der Waals surface area contributed by atoms with Gasteiger partial charge in [-0.15, -0.1) is 0 Å². The van der Waals surface area contributed by atoms with Crippen LogP contribution in [-0.4, -0.2) is 29.2 Å². The van der Waals surface area contributed by atoms with Gasteiger partial charge in [-0.3, -0.25) is 19.3 Å². The molecule has 3 amide bonds. The van der Waals surface area contributed by atoms with E-state index in [9.17, 15) is 14.4 Å². The van der Waals surface area contributed by atoms with Gasteiger partial charge in [0, 0.05) is 18.4 Å². The number of ether oxygens (including phenoxy) is 1. The number of nitrogens with one attached hydrogen (secondary N) is 1. The molecule has 0 bridgehead atoms. The highest BCUT2D eigenvalue weighted by Crippen LogP contribution is 2.26. The van der Waals surface area contributed by atoms with Crippen LogP contribution in [0.15, 0.2) is 42.5 Å². The second-order valence-corrected chi connectivity index (χ2v) is 6.46. The van der Waals surface area contributed by atoms with Gasteiger partial charge in [0.25, 0.3) is 5.91 Å². The Bertz CT molecular complexity index is 858. The number of hydrogen-bond acceptors (Lipinski definition) is 4. The summed E-state index contributed by atoms with van der Waals surface area (Å²) < 4.78 is 5.58. The lowest BCUT2D eigenvalue weighted by Gasteiger charge is -2.14. The van der Waals surface area contributed by atoms with Gasteiger partial charge in [0.05, 0.1) is 18.8 Å². The van der Waals surface area contributed by atoms with Crippen molar-refractivity contribution >= 4 is 23.4 Å². The maximum absolute atomic E-state index is 12.5. The zero-order valence-corrected chi connectivity index (χ0v) is 15.5. The monoisotopic (exact) mass is 366 g/mol. The SMILES string of the molecule is CCOc1cc(C)ccc1NC(=O)c1ccc(CN2C(=O)CCC2=O)cc1. The van der Waals surface area contributed by atoms with Gasteiger partial charge in [-0.25, -0.2) is 0 Å². The van der Waals surface area contributed by atoms with Crippen LogP contribution in [0.1, 0.15) is 41.3 Å². The molecule has 2 aromatic carbocycles. The number of likely N-dealkylation sites (tertiary alicyclic amines) is 1. The standard InChI is InChI=1S/C21H22N2O4/c1-3-27-18-12-14(2)4-9-17(18)22-21(26)16-7-5-15(6-8-16)13-23-19(24)10-11-20(23)25/h4-9,12H,3,10-11,13H2,1-2H3,(H,22,26). The molecule has 0 saturated carbocycles. The molecular weight excluding hydrogens is 344 g/mol. The highest BCUT2D eigenvalue weighted by Gasteiger charge is 2.28. The summed E-state index contributed by atoms with van der Waals surface area (Å²) in [6.07, 6.45) is 0.552. The van der Waals surface area contributed by atoms with Crippen molar-refractivity contribution in [3.8, 4) is 5.75 Å². The molecule has 2 aromatic rings. The molecule has 1 aliphatic rings. The first kappa shape index (κ1) is 18.6. The zero-order chi connectivity index (χ0) is 19.4. The first-order valence-electron chi connectivity index (χ1n) is 8.95. The molecule has 1 aliphatic heterocycles. The molecule has 1 saturated heterocycles. The summed E-state index contributed by atoms with van der Waals surface area (Å²) in [5.41, 5.74) is 2.96. The quantitative estimate of drug-likeness (QED) is 0.796. The van der Waals surface area contributed by atoms with E-state index in [1.165, 1.54) is 4.90 Å². The zero-order valence-electron chi connectivity index (χ0n) is 15.5. The van der Waals surface area contributed by atoms with Crippen LogP contribution in [0.25, 0.3) is 0 Å². The van der Waals surface area contributed by atoms with E-state index in [4.69, 9.17) is 4.74 Å². The Kier molecular flexibility index (Phi) is 5.54. The molecule has 3 rings (SSSR count). The minimum atomic E-state index is -0.250. The van der Waals surface area contributed by atoms with E-state index in [2.05, 4.69) is 5.32 Å². The molecule has 0 aromatic heterocycles. The lowest BCUT2D eigenvalue weighted by atomic mass is 10.1. The second-order valence-electron chi connectivity index (χ2n) is 6.46. The van der Waals surface area contributed by atoms with Gasteiger partial charge in [0.2, 0.25) is 11.8 Å². The summed E-state index contributed by atoms with van der Waals surface area (Å²) in [4.78, 5) is 37.2. The van der Waals surface area contributed by atoms with Crippen molar-refractivity contribution in [3.05, 3.63) is 59.2 Å². The molecule has 1 fully saturated rings. The highest BCUT2D eigenvalue weighted by molar-refractivity contribution is 6.05. The molecular formula is C21H22N2O4. The maximum atomic E-state index is 12.5. The third-order valence-electron chi connectivity index (χ3n) is 4.40. The van der Waals surface area contributed by atoms with Crippen molar-refractivity contribution < 1.29 is 19.1 Å². The molecule has 27 heavy (non-hydrogen) atoms. The van der Waals surface area contributed by atoms with Crippen molar-refractivity contribution in [1.82, 2.24) is 4.90 Å². The van der Waals surface area contributed by atoms with Crippen molar-refractivity contribution in [2.75, 3.05) is 11.9 Å². The average Bonchev–Trinajstić information content (AvgIpc) is 2.97. The average molecular weight is 366 g/mol. The van der Waals surface area contributed by atoms with Crippen molar-refractivity contribution in [3.63, 3.8) is 0 Å². The molecule has 1 heterocycles. The Morgan fingerprint density at radius 1 is 1.07 bits per heavy atom. The molecule has 0 aliphatic carbocycles. The molecule has 6 nitrogen and oxygen atoms in total. The van der Waals surface area contributed by atoms with Gasteiger partial charge in [0.1, 0.15) is 5.75 Å². The number of nitrogens with zero attached hydrogens (tertiary/aromatic N) is 1. The van der Waals surface area contributed by atoms with Crippen molar-refractivity contribution in [1.29, 1.82) is 0 Å². The summed E-state index contributed by atoms with van der Waals surface area (Å²) >= 11 is 0. The number of amides is 3. The fourth-order valence-corrected chi connectivity index (χ4v) is 2.95. The number of rotatable bonds is 6. The van der Waals surface area contributed by atoms with Gasteiger partial charge >= 0.3 is 0 Å². The number of anilines is 1. The minimum Gasteiger partial charge on any atom is -0.492 e. The molecule has 1 N–H and O–H groups in total. The van der Waals surface area contributed by atoms with E-state index in [-0.39, 0.29) is 37.1 Å². The smallest absolute Gasteiger partial charge is 0.255 e. The maximum Gasteiger partial charge on any atom is 0.255 e. The van der Waals surface area contributed by atoms with Crippen LogP contribution in [0.3, 0.4) is 0 Å². The summed E-state index contributed by atoms with van der Waals surface area (Å²) in [5, 5.41) is 2.86. The minimum absolute atomic E-state index is 0.148. The topological polar surface area (TPSA) is 75.7 Å². The normalized spacial score (nSPS) is 13.8. The van der Waals surface area contributed by atoms with Gasteiger partial charge in [-0.05, 0) is 49.2 Å². The highest BCUT2D eigenvalue weighted by atomic mass is 16.5. The Morgan fingerprint density at radius 2 is 1.74 bits per heavy atom. The summed E-state index contributed by atoms with van der Waals surface area (Å²) in [5.74, 6) is 0.0856. The number of aryl methyl sites for hydroxylation is 1. The summed E-state index contributed by atoms with van der Waals surface area (Å²) in [7, 11) is 0. The molecule has 6 heteroatoms. The Hall–Kier alpha value is -3.15. The predicted molar refractivity (Wildman–Crippen MR) is 102 cm³/mol. The first-order valence-corrected chi connectivity index (χ1v) is 8.95. The number of carbonyl (C=O) groups is 3. The van der Waals surface area contributed by atoms with E-state index in [1.807, 2.05) is 32.0 Å². The summed E-state index contributed by atoms with van der Waals surface area (Å²) in [6.45, 7) is 4.60. The van der Waals surface area contributed by atoms with Crippen molar-refractivity contribution in [2.24, 2.45) is 0 Å². The first-order chi connectivity index (χ1) is 13.0. The van der Waals surface area contributed by atoms with Crippen LogP contribution >= 0.6 is 0 Å². The van der Waals surface area contributed by atoms with Gasteiger partial charge in [-0.1, -0.05) is 18.2 Å². The fraction of sp³-hybridized carbons (Fsp3) is 0.286. The number of benzene rings is 2. The molecule has 0 atom stereocenters. The van der Waals surface area contributed by atoms with Crippen LogP contribution in [0.4, 0.5) is 5.69 Å². The number of carbonyl (C=O) groups excluding carboxylic acids is 3. The van der Waals surface area contributed by atoms with Crippen LogP contribution in [0, 0.1) is 6.92 Å². The largest absolute Gasteiger partial charge is 0.492 e. The lowest BCUT2D eigenvalue weighted by molar-refractivity contribution is -0.139. The molecule has 0 unspecified atom stereocenters. The predicted octanol–water partition coefficient (Wildman–Crippen LogP) is 3.30. The number of hydrogen-bond donors (Lipinski definition) is 1. The van der Waals surface area contributed by atoms with Crippen molar-refractivity contribution in [2.45, 2.75) is 33.2 Å². The van der Waals surface area contributed by atoms with Crippen LogP contribution in [0.2, 0.25) is 0 Å². The Labute approximate surface area is 158 Å². The van der Waals surface area contributed by atoms with E-state index >= 15 is 0 Å². The molecule has 140 valence electrons. The third-order valence-corrected chi connectivity index (χ3v) is 4.40. The van der Waals surface area contributed by atoms with E-state index in [1.54, 1.807) is 24.3 Å². The van der Waals surface area contributed by atoms with E-state index in [0.717, 1.165) is 11.1 Å². The van der Waals surface area contributed by atoms with Crippen LogP contribution in [0.5, 0.6) is 5.75 Å².